The van der Waals surface area contributed by atoms with E-state index in [1.165, 1.54) is 5.57 Å². The summed E-state index contributed by atoms with van der Waals surface area (Å²) < 4.78 is 6.14. The number of carboxylic acid groups (broad SMARTS) is 1. The molecule has 3 aromatic rings. The van der Waals surface area contributed by atoms with Gasteiger partial charge in [-0.15, -0.1) is 0 Å². The van der Waals surface area contributed by atoms with Crippen LogP contribution in [-0.2, 0) is 9.59 Å². The number of carboxylic acids is 1. The summed E-state index contributed by atoms with van der Waals surface area (Å²) in [5.41, 5.74) is 3.44. The van der Waals surface area contributed by atoms with Gasteiger partial charge in [-0.1, -0.05) is 41.9 Å². The number of H-pyrrole nitrogens is 1. The standard InChI is InChI=1S/C32H39ClN4O5/c1-31(2,18-38)28(39)37-15-13-20(14-16-37)19-5-7-21(8-6-19)26-24(33)17-25-27(35-26)36-30(34-25)42-23-11-9-22(10-12-23)32(3,4)29(40)41/h5-8,13,17,22-23,38H,9-12,14-16,18H2,1-4H3,(H,40,41)(H,34,35,36). The molecule has 3 heterocycles. The molecule has 1 aromatic carbocycles. The minimum Gasteiger partial charge on any atom is -0.481 e. The maximum Gasteiger partial charge on any atom is 0.309 e. The number of halogens is 1. The Labute approximate surface area is 251 Å². The van der Waals surface area contributed by atoms with Crippen LogP contribution in [0, 0.1) is 16.7 Å². The largest absolute Gasteiger partial charge is 0.481 e. The second-order valence-corrected chi connectivity index (χ2v) is 13.1. The van der Waals surface area contributed by atoms with Crippen molar-refractivity contribution in [3.63, 3.8) is 0 Å². The summed E-state index contributed by atoms with van der Waals surface area (Å²) in [6, 6.07) is 10.3. The molecule has 5 rings (SSSR count). The minimum absolute atomic E-state index is 0.0330. The minimum atomic E-state index is -0.776. The lowest BCUT2D eigenvalue weighted by atomic mass is 9.70. The molecule has 0 atom stereocenters. The number of aromatic amines is 1. The van der Waals surface area contributed by atoms with Gasteiger partial charge in [0.25, 0.3) is 6.01 Å². The summed E-state index contributed by atoms with van der Waals surface area (Å²) in [7, 11) is 0. The first kappa shape index (κ1) is 30.0. The van der Waals surface area contributed by atoms with Crippen molar-refractivity contribution >= 4 is 40.2 Å². The Morgan fingerprint density at radius 3 is 2.33 bits per heavy atom. The third-order valence-corrected chi connectivity index (χ3v) is 9.22. The van der Waals surface area contributed by atoms with E-state index in [4.69, 9.17) is 21.3 Å². The smallest absolute Gasteiger partial charge is 0.309 e. The Bertz CT molecular complexity index is 1500. The number of aromatic nitrogens is 3. The summed E-state index contributed by atoms with van der Waals surface area (Å²) in [6.07, 6.45) is 5.92. The van der Waals surface area contributed by atoms with Crippen molar-refractivity contribution in [3.8, 4) is 17.3 Å². The van der Waals surface area contributed by atoms with Gasteiger partial charge < -0.3 is 24.8 Å². The van der Waals surface area contributed by atoms with Crippen molar-refractivity contribution in [2.45, 2.75) is 65.9 Å². The molecule has 0 saturated heterocycles. The van der Waals surface area contributed by atoms with Gasteiger partial charge in [0.15, 0.2) is 5.65 Å². The second-order valence-electron chi connectivity index (χ2n) is 12.7. The fraction of sp³-hybridized carbons (Fsp3) is 0.500. The molecule has 1 aliphatic carbocycles. The number of rotatable bonds is 8. The van der Waals surface area contributed by atoms with E-state index in [0.717, 1.165) is 43.2 Å². The van der Waals surface area contributed by atoms with Gasteiger partial charge in [0.05, 0.1) is 33.7 Å². The van der Waals surface area contributed by atoms with Crippen molar-refractivity contribution in [1.29, 1.82) is 0 Å². The Morgan fingerprint density at radius 1 is 1.07 bits per heavy atom. The number of aliphatic hydroxyl groups excluding tert-OH is 1. The van der Waals surface area contributed by atoms with Gasteiger partial charge in [-0.2, -0.15) is 4.98 Å². The molecule has 3 N–H and O–H groups in total. The topological polar surface area (TPSA) is 129 Å². The predicted octanol–water partition coefficient (Wildman–Crippen LogP) is 5.96. The van der Waals surface area contributed by atoms with Crippen LogP contribution in [0.2, 0.25) is 5.02 Å². The Morgan fingerprint density at radius 2 is 1.74 bits per heavy atom. The highest BCUT2D eigenvalue weighted by atomic mass is 35.5. The van der Waals surface area contributed by atoms with Gasteiger partial charge in [0.2, 0.25) is 5.91 Å². The number of hydrogen-bond acceptors (Lipinski definition) is 6. The van der Waals surface area contributed by atoms with E-state index < -0.39 is 16.8 Å². The fourth-order valence-electron chi connectivity index (χ4n) is 5.84. The highest BCUT2D eigenvalue weighted by Crippen LogP contribution is 2.39. The lowest BCUT2D eigenvalue weighted by Crippen LogP contribution is -2.44. The van der Waals surface area contributed by atoms with E-state index in [2.05, 4.69) is 16.0 Å². The fourth-order valence-corrected chi connectivity index (χ4v) is 6.10. The number of aliphatic carboxylic acids is 1. The molecule has 2 aromatic heterocycles. The SMILES string of the molecule is CC(C)(CO)C(=O)N1CC=C(c2ccc(-c3nc4nc(OC5CCC(C(C)(C)C(=O)O)CC5)[nH]c4cc3Cl)cc2)CC1. The third kappa shape index (κ3) is 6.03. The van der Waals surface area contributed by atoms with Crippen LogP contribution in [0.5, 0.6) is 6.01 Å². The van der Waals surface area contributed by atoms with E-state index in [0.29, 0.717) is 41.0 Å². The molecule has 9 nitrogen and oxygen atoms in total. The number of fused-ring (bicyclic) bond motifs is 1. The number of ether oxygens (including phenoxy) is 1. The molecule has 224 valence electrons. The van der Waals surface area contributed by atoms with Crippen LogP contribution in [0.15, 0.2) is 36.4 Å². The maximum atomic E-state index is 12.7. The van der Waals surface area contributed by atoms with Gasteiger partial charge in [-0.3, -0.25) is 9.59 Å². The van der Waals surface area contributed by atoms with Crippen LogP contribution < -0.4 is 4.74 Å². The number of carbonyl (C=O) groups excluding carboxylic acids is 1. The molecule has 1 amide bonds. The zero-order valence-electron chi connectivity index (χ0n) is 24.6. The van der Waals surface area contributed by atoms with Crippen LogP contribution in [0.1, 0.15) is 65.4 Å². The first-order valence-corrected chi connectivity index (χ1v) is 14.9. The van der Waals surface area contributed by atoms with Crippen LogP contribution >= 0.6 is 11.6 Å². The quantitative estimate of drug-likeness (QED) is 0.293. The number of amides is 1. The molecule has 1 aliphatic heterocycles. The molecule has 1 saturated carbocycles. The Balaban J connectivity index is 1.25. The number of benzene rings is 1. The number of aliphatic hydroxyl groups is 1. The summed E-state index contributed by atoms with van der Waals surface area (Å²) in [4.78, 5) is 38.6. The lowest BCUT2D eigenvalue weighted by molar-refractivity contribution is -0.151. The normalized spacial score (nSPS) is 20.0. The predicted molar refractivity (Wildman–Crippen MR) is 162 cm³/mol. The monoisotopic (exact) mass is 594 g/mol. The third-order valence-electron chi connectivity index (χ3n) is 8.93. The molecule has 0 spiro atoms. The summed E-state index contributed by atoms with van der Waals surface area (Å²) in [6.45, 7) is 8.08. The van der Waals surface area contributed by atoms with Crippen LogP contribution in [0.3, 0.4) is 0 Å². The zero-order chi connectivity index (χ0) is 30.2. The number of nitrogens with zero attached hydrogens (tertiary/aromatic N) is 3. The molecule has 1 fully saturated rings. The number of pyridine rings is 1. The summed E-state index contributed by atoms with van der Waals surface area (Å²) in [5, 5.41) is 19.6. The molecular formula is C32H39ClN4O5. The number of carbonyl (C=O) groups is 2. The summed E-state index contributed by atoms with van der Waals surface area (Å²) in [5.74, 6) is -0.671. The van der Waals surface area contributed by atoms with Crippen LogP contribution in [-0.4, -0.2) is 67.7 Å². The van der Waals surface area contributed by atoms with Crippen molar-refractivity contribution < 1.29 is 24.5 Å². The van der Waals surface area contributed by atoms with Gasteiger partial charge in [0.1, 0.15) is 6.10 Å². The van der Waals surface area contributed by atoms with Gasteiger partial charge >= 0.3 is 5.97 Å². The average molecular weight is 595 g/mol. The molecular weight excluding hydrogens is 556 g/mol. The molecule has 0 radical (unpaired) electrons. The van der Waals surface area contributed by atoms with Crippen molar-refractivity contribution in [1.82, 2.24) is 19.9 Å². The summed E-state index contributed by atoms with van der Waals surface area (Å²) >= 11 is 6.64. The van der Waals surface area contributed by atoms with E-state index in [9.17, 15) is 19.8 Å². The zero-order valence-corrected chi connectivity index (χ0v) is 25.4. The number of imidazole rings is 1. The van der Waals surface area contributed by atoms with Crippen molar-refractivity contribution in [2.24, 2.45) is 16.7 Å². The molecule has 2 aliphatic rings. The van der Waals surface area contributed by atoms with Gasteiger partial charge in [-0.05, 0) is 82.9 Å². The van der Waals surface area contributed by atoms with Gasteiger partial charge in [-0.25, -0.2) is 4.98 Å². The van der Waals surface area contributed by atoms with Crippen LogP contribution in [0.25, 0.3) is 28.0 Å². The van der Waals surface area contributed by atoms with Gasteiger partial charge in [0, 0.05) is 18.7 Å². The highest BCUT2D eigenvalue weighted by molar-refractivity contribution is 6.33. The lowest BCUT2D eigenvalue weighted by Gasteiger charge is -2.36. The molecule has 42 heavy (non-hydrogen) atoms. The van der Waals surface area contributed by atoms with Crippen molar-refractivity contribution in [3.05, 3.63) is 47.0 Å². The molecule has 0 bridgehead atoms. The first-order valence-electron chi connectivity index (χ1n) is 14.6. The van der Waals surface area contributed by atoms with E-state index in [1.54, 1.807) is 32.6 Å². The van der Waals surface area contributed by atoms with Crippen molar-refractivity contribution in [2.75, 3.05) is 19.7 Å². The molecule has 0 unspecified atom stereocenters. The number of hydrogen-bond donors (Lipinski definition) is 3. The number of nitrogens with one attached hydrogen (secondary N) is 1. The highest BCUT2D eigenvalue weighted by Gasteiger charge is 2.39. The second kappa shape index (κ2) is 11.7. The average Bonchev–Trinajstić information content (AvgIpc) is 3.37. The Kier molecular flexibility index (Phi) is 8.36. The van der Waals surface area contributed by atoms with E-state index >= 15 is 0 Å². The van der Waals surface area contributed by atoms with E-state index in [-0.39, 0.29) is 24.5 Å². The molecule has 10 heteroatoms. The van der Waals surface area contributed by atoms with Crippen LogP contribution in [0.4, 0.5) is 0 Å². The first-order chi connectivity index (χ1) is 19.9. The Hall–Kier alpha value is -3.43. The maximum absolute atomic E-state index is 12.7. The van der Waals surface area contributed by atoms with E-state index in [1.807, 2.05) is 30.3 Å².